The minimum absolute atomic E-state index is 0.110. The van der Waals surface area contributed by atoms with E-state index >= 15 is 0 Å². The Labute approximate surface area is 136 Å². The summed E-state index contributed by atoms with van der Waals surface area (Å²) in [7, 11) is 1.68. The highest BCUT2D eigenvalue weighted by molar-refractivity contribution is 5.92. The van der Waals surface area contributed by atoms with Gasteiger partial charge in [0.15, 0.2) is 0 Å². The number of aliphatic hydroxyl groups excluding tert-OH is 1. The van der Waals surface area contributed by atoms with E-state index in [1.54, 1.807) is 7.11 Å². The van der Waals surface area contributed by atoms with Gasteiger partial charge in [-0.25, -0.2) is 4.79 Å². The van der Waals surface area contributed by atoms with Gasteiger partial charge in [-0.15, -0.1) is 0 Å². The van der Waals surface area contributed by atoms with E-state index in [2.05, 4.69) is 15.2 Å². The van der Waals surface area contributed by atoms with Crippen molar-refractivity contribution in [3.63, 3.8) is 0 Å². The van der Waals surface area contributed by atoms with Gasteiger partial charge in [-0.05, 0) is 30.2 Å². The number of methoxy groups -OCH3 is 1. The number of rotatable bonds is 7. The zero-order valence-electron chi connectivity index (χ0n) is 13.9. The number of nitrogens with one attached hydrogen (secondary N) is 2. The summed E-state index contributed by atoms with van der Waals surface area (Å²) < 4.78 is 7.21. The molecule has 2 aromatic rings. The van der Waals surface area contributed by atoms with Crippen molar-refractivity contribution in [2.45, 2.75) is 26.5 Å². The summed E-state index contributed by atoms with van der Waals surface area (Å²) in [5, 5.41) is 16.2. The molecule has 0 saturated carbocycles. The number of urea groups is 1. The number of amides is 2. The fraction of sp³-hybridized carbons (Fsp3) is 0.471. The molecule has 0 saturated heterocycles. The Hall–Kier alpha value is -2.05. The third kappa shape index (κ3) is 4.71. The number of anilines is 1. The van der Waals surface area contributed by atoms with Crippen molar-refractivity contribution in [1.29, 1.82) is 0 Å². The highest BCUT2D eigenvalue weighted by Crippen LogP contribution is 2.20. The SMILES string of the molecule is COCCn1ccc2cc(NC(=O)NC[C@H](O)C(C)C)ccc21. The van der Waals surface area contributed by atoms with Crippen molar-refractivity contribution in [2.24, 2.45) is 5.92 Å². The van der Waals surface area contributed by atoms with Crippen molar-refractivity contribution < 1.29 is 14.6 Å². The van der Waals surface area contributed by atoms with Gasteiger partial charge in [0.2, 0.25) is 0 Å². The molecule has 1 heterocycles. The fourth-order valence-corrected chi connectivity index (χ4v) is 2.27. The molecule has 2 rings (SSSR count). The number of ether oxygens (including phenoxy) is 1. The summed E-state index contributed by atoms with van der Waals surface area (Å²) in [6, 6.07) is 7.46. The normalized spacial score (nSPS) is 12.6. The topological polar surface area (TPSA) is 75.5 Å². The first-order valence-corrected chi connectivity index (χ1v) is 7.82. The third-order valence-corrected chi connectivity index (χ3v) is 3.81. The Morgan fingerprint density at radius 3 is 2.83 bits per heavy atom. The maximum atomic E-state index is 11.9. The zero-order chi connectivity index (χ0) is 16.8. The maximum absolute atomic E-state index is 11.9. The lowest BCUT2D eigenvalue weighted by Gasteiger charge is -2.15. The fourth-order valence-electron chi connectivity index (χ4n) is 2.27. The van der Waals surface area contributed by atoms with Crippen LogP contribution in [0.5, 0.6) is 0 Å². The molecular formula is C17H25N3O3. The number of hydrogen-bond acceptors (Lipinski definition) is 3. The molecule has 0 aliphatic heterocycles. The number of carbonyl (C=O) groups excluding carboxylic acids is 1. The average molecular weight is 319 g/mol. The molecule has 1 atom stereocenters. The van der Waals surface area contributed by atoms with Crippen LogP contribution in [0.4, 0.5) is 10.5 Å². The number of hydrogen-bond donors (Lipinski definition) is 3. The molecule has 23 heavy (non-hydrogen) atoms. The summed E-state index contributed by atoms with van der Waals surface area (Å²) in [6.07, 6.45) is 1.46. The molecule has 0 fully saturated rings. The van der Waals surface area contributed by atoms with Gasteiger partial charge in [0.25, 0.3) is 0 Å². The highest BCUT2D eigenvalue weighted by atomic mass is 16.5. The predicted octanol–water partition coefficient (Wildman–Crippen LogP) is 2.43. The molecule has 0 radical (unpaired) electrons. The second-order valence-corrected chi connectivity index (χ2v) is 5.92. The van der Waals surface area contributed by atoms with Crippen molar-refractivity contribution in [3.8, 4) is 0 Å². The lowest BCUT2D eigenvalue weighted by atomic mass is 10.1. The van der Waals surface area contributed by atoms with Crippen molar-refractivity contribution in [2.75, 3.05) is 25.6 Å². The Morgan fingerprint density at radius 2 is 2.13 bits per heavy atom. The van der Waals surface area contributed by atoms with Gasteiger partial charge in [0.1, 0.15) is 0 Å². The second kappa shape index (κ2) is 7.99. The van der Waals surface area contributed by atoms with Crippen LogP contribution >= 0.6 is 0 Å². The summed E-state index contributed by atoms with van der Waals surface area (Å²) >= 11 is 0. The first-order chi connectivity index (χ1) is 11.0. The minimum atomic E-state index is -0.543. The van der Waals surface area contributed by atoms with Crippen molar-refractivity contribution >= 4 is 22.6 Å². The van der Waals surface area contributed by atoms with Gasteiger partial charge in [-0.2, -0.15) is 0 Å². The van der Waals surface area contributed by atoms with Crippen LogP contribution in [0.2, 0.25) is 0 Å². The number of fused-ring (bicyclic) bond motifs is 1. The van der Waals surface area contributed by atoms with E-state index in [0.717, 1.165) is 23.1 Å². The molecule has 6 nitrogen and oxygen atoms in total. The van der Waals surface area contributed by atoms with Gasteiger partial charge < -0.3 is 25.0 Å². The van der Waals surface area contributed by atoms with Crippen LogP contribution in [0.3, 0.4) is 0 Å². The van der Waals surface area contributed by atoms with E-state index in [0.29, 0.717) is 6.61 Å². The van der Waals surface area contributed by atoms with Gasteiger partial charge in [0.05, 0.1) is 12.7 Å². The van der Waals surface area contributed by atoms with Crippen LogP contribution in [-0.4, -0.2) is 42.1 Å². The molecule has 0 spiro atoms. The lowest BCUT2D eigenvalue weighted by Crippen LogP contribution is -2.37. The van der Waals surface area contributed by atoms with Gasteiger partial charge in [0, 0.05) is 43.0 Å². The lowest BCUT2D eigenvalue weighted by molar-refractivity contribution is 0.126. The van der Waals surface area contributed by atoms with E-state index in [9.17, 15) is 9.90 Å². The largest absolute Gasteiger partial charge is 0.391 e. The summed E-state index contributed by atoms with van der Waals surface area (Å²) in [5.74, 6) is 0.110. The van der Waals surface area contributed by atoms with Crippen LogP contribution in [0.25, 0.3) is 10.9 Å². The molecule has 6 heteroatoms. The standard InChI is InChI=1S/C17H25N3O3/c1-12(2)16(21)11-18-17(22)19-14-4-5-15-13(10-14)6-7-20(15)8-9-23-3/h4-7,10,12,16,21H,8-9,11H2,1-3H3,(H2,18,19,22)/t16-/m0/s1. The number of benzene rings is 1. The second-order valence-electron chi connectivity index (χ2n) is 5.92. The molecule has 1 aromatic heterocycles. The monoisotopic (exact) mass is 319 g/mol. The number of aromatic nitrogens is 1. The van der Waals surface area contributed by atoms with Crippen LogP contribution in [0.1, 0.15) is 13.8 Å². The third-order valence-electron chi connectivity index (χ3n) is 3.81. The Kier molecular flexibility index (Phi) is 6.01. The Morgan fingerprint density at radius 1 is 1.35 bits per heavy atom. The van der Waals surface area contributed by atoms with Crippen LogP contribution in [0.15, 0.2) is 30.5 Å². The summed E-state index contributed by atoms with van der Waals surface area (Å²) in [4.78, 5) is 11.9. The number of aliphatic hydroxyl groups is 1. The molecule has 0 bridgehead atoms. The maximum Gasteiger partial charge on any atom is 0.319 e. The van der Waals surface area contributed by atoms with E-state index in [1.165, 1.54) is 0 Å². The number of nitrogens with zero attached hydrogens (tertiary/aromatic N) is 1. The Balaban J connectivity index is 1.97. The molecule has 0 aliphatic carbocycles. The quantitative estimate of drug-likeness (QED) is 0.733. The molecule has 0 unspecified atom stereocenters. The molecule has 2 amide bonds. The summed E-state index contributed by atoms with van der Waals surface area (Å²) in [5.41, 5.74) is 1.82. The van der Waals surface area contributed by atoms with E-state index in [-0.39, 0.29) is 18.5 Å². The molecular weight excluding hydrogens is 294 g/mol. The Bertz CT molecular complexity index is 652. The zero-order valence-corrected chi connectivity index (χ0v) is 13.9. The molecule has 3 N–H and O–H groups in total. The first kappa shape index (κ1) is 17.3. The number of carbonyl (C=O) groups is 1. The first-order valence-electron chi connectivity index (χ1n) is 7.82. The van der Waals surface area contributed by atoms with E-state index < -0.39 is 6.10 Å². The van der Waals surface area contributed by atoms with Crippen LogP contribution < -0.4 is 10.6 Å². The van der Waals surface area contributed by atoms with Crippen molar-refractivity contribution in [1.82, 2.24) is 9.88 Å². The molecule has 126 valence electrons. The minimum Gasteiger partial charge on any atom is -0.391 e. The van der Waals surface area contributed by atoms with Gasteiger partial charge >= 0.3 is 6.03 Å². The highest BCUT2D eigenvalue weighted by Gasteiger charge is 2.11. The van der Waals surface area contributed by atoms with Crippen molar-refractivity contribution in [3.05, 3.63) is 30.5 Å². The van der Waals surface area contributed by atoms with Crippen LogP contribution in [0, 0.1) is 5.92 Å². The van der Waals surface area contributed by atoms with Crippen LogP contribution in [-0.2, 0) is 11.3 Å². The molecule has 1 aromatic carbocycles. The predicted molar refractivity (Wildman–Crippen MR) is 91.7 cm³/mol. The smallest absolute Gasteiger partial charge is 0.319 e. The van der Waals surface area contributed by atoms with E-state index in [1.807, 2.05) is 44.3 Å². The van der Waals surface area contributed by atoms with E-state index in [4.69, 9.17) is 4.74 Å². The van der Waals surface area contributed by atoms with Gasteiger partial charge in [-0.3, -0.25) is 0 Å². The summed E-state index contributed by atoms with van der Waals surface area (Å²) in [6.45, 7) is 5.50. The average Bonchev–Trinajstić information content (AvgIpc) is 2.92. The van der Waals surface area contributed by atoms with Gasteiger partial charge in [-0.1, -0.05) is 13.8 Å². The molecule has 0 aliphatic rings.